The van der Waals surface area contributed by atoms with Crippen molar-refractivity contribution in [1.29, 1.82) is 0 Å². The maximum absolute atomic E-state index is 11.2. The molecule has 14 heavy (non-hydrogen) atoms. The van der Waals surface area contributed by atoms with Gasteiger partial charge in [0.1, 0.15) is 5.76 Å². The van der Waals surface area contributed by atoms with Crippen LogP contribution in [0.5, 0.6) is 0 Å². The van der Waals surface area contributed by atoms with Crippen molar-refractivity contribution in [2.24, 2.45) is 0 Å². The molecule has 0 saturated carbocycles. The van der Waals surface area contributed by atoms with E-state index in [0.29, 0.717) is 12.4 Å². The molecule has 0 aliphatic carbocycles. The number of allylic oxidation sites excluding steroid dienone is 2. The zero-order valence-corrected chi connectivity index (χ0v) is 8.41. The molecule has 0 aromatic heterocycles. The first kappa shape index (κ1) is 10.8. The normalized spacial score (nSPS) is 20.3. The van der Waals surface area contributed by atoms with Gasteiger partial charge < -0.3 is 14.2 Å². The highest BCUT2D eigenvalue weighted by atomic mass is 16.9. The van der Waals surface area contributed by atoms with Crippen LogP contribution in [0, 0.1) is 0 Å². The summed E-state index contributed by atoms with van der Waals surface area (Å²) in [5, 5.41) is 0. The largest absolute Gasteiger partial charge is 0.433 e. The summed E-state index contributed by atoms with van der Waals surface area (Å²) in [4.78, 5) is 11.2. The molecule has 0 radical (unpaired) electrons. The van der Waals surface area contributed by atoms with Gasteiger partial charge in [-0.2, -0.15) is 0 Å². The molecular formula is C10H14O4. The Morgan fingerprint density at radius 1 is 1.64 bits per heavy atom. The zero-order valence-electron chi connectivity index (χ0n) is 8.41. The molecule has 1 rings (SSSR count). The Kier molecular flexibility index (Phi) is 3.71. The van der Waals surface area contributed by atoms with Crippen LogP contribution in [0.2, 0.25) is 0 Å². The monoisotopic (exact) mass is 198 g/mol. The Bertz CT molecular complexity index is 267. The minimum absolute atomic E-state index is 0.182. The molecule has 1 unspecified atom stereocenters. The van der Waals surface area contributed by atoms with E-state index in [-0.39, 0.29) is 11.5 Å². The van der Waals surface area contributed by atoms with E-state index < -0.39 is 6.48 Å². The third-order valence-electron chi connectivity index (χ3n) is 1.67. The number of ether oxygens (including phenoxy) is 3. The van der Waals surface area contributed by atoms with Gasteiger partial charge in [0.2, 0.25) is 11.5 Å². The summed E-state index contributed by atoms with van der Waals surface area (Å²) in [5.74, 6) is 0.335. The molecule has 1 aliphatic rings. The van der Waals surface area contributed by atoms with Crippen molar-refractivity contribution < 1.29 is 19.0 Å². The molecule has 4 heteroatoms. The topological polar surface area (TPSA) is 44.8 Å². The average Bonchev–Trinajstić information content (AvgIpc) is 2.55. The van der Waals surface area contributed by atoms with E-state index in [1.807, 2.05) is 6.92 Å². The first-order valence-electron chi connectivity index (χ1n) is 4.51. The first-order chi connectivity index (χ1) is 6.69. The number of hydrogen-bond donors (Lipinski definition) is 0. The summed E-state index contributed by atoms with van der Waals surface area (Å²) in [7, 11) is 0. The van der Waals surface area contributed by atoms with Gasteiger partial charge in [0.25, 0.3) is 0 Å². The van der Waals surface area contributed by atoms with Gasteiger partial charge in [-0.3, -0.25) is 4.79 Å². The zero-order chi connectivity index (χ0) is 10.6. The van der Waals surface area contributed by atoms with Crippen molar-refractivity contribution in [2.75, 3.05) is 6.61 Å². The number of ketones is 1. The smallest absolute Gasteiger partial charge is 0.360 e. The molecule has 0 spiro atoms. The standard InChI is InChI=1S/C10H14O4/c1-4-6-12-10-13-7(3)9(14-10)8(11)5-2/h5,10H,2,4,6H2,1,3H3. The minimum Gasteiger partial charge on any atom is -0.433 e. The summed E-state index contributed by atoms with van der Waals surface area (Å²) in [6, 6.07) is 0. The summed E-state index contributed by atoms with van der Waals surface area (Å²) >= 11 is 0. The Balaban J connectivity index is 2.51. The van der Waals surface area contributed by atoms with Crippen molar-refractivity contribution in [3.05, 3.63) is 24.2 Å². The molecule has 1 atom stereocenters. The van der Waals surface area contributed by atoms with Crippen LogP contribution in [0.4, 0.5) is 0 Å². The number of carbonyl (C=O) groups is 1. The molecular weight excluding hydrogens is 184 g/mol. The quantitative estimate of drug-likeness (QED) is 0.631. The molecule has 0 aromatic carbocycles. The minimum atomic E-state index is -0.783. The lowest BCUT2D eigenvalue weighted by atomic mass is 10.3. The van der Waals surface area contributed by atoms with Crippen LogP contribution in [0.3, 0.4) is 0 Å². The Morgan fingerprint density at radius 3 is 2.93 bits per heavy atom. The van der Waals surface area contributed by atoms with Crippen molar-refractivity contribution >= 4 is 5.78 Å². The van der Waals surface area contributed by atoms with Gasteiger partial charge in [-0.15, -0.1) is 0 Å². The van der Waals surface area contributed by atoms with Gasteiger partial charge in [-0.1, -0.05) is 13.5 Å². The van der Waals surface area contributed by atoms with Crippen LogP contribution in [0.1, 0.15) is 20.3 Å². The predicted molar refractivity (Wildman–Crippen MR) is 50.1 cm³/mol. The summed E-state index contributed by atoms with van der Waals surface area (Å²) in [6.07, 6.45) is 2.05. The second-order valence-corrected chi connectivity index (χ2v) is 2.85. The van der Waals surface area contributed by atoms with Gasteiger partial charge in [0.15, 0.2) is 0 Å². The van der Waals surface area contributed by atoms with Crippen LogP contribution in [-0.4, -0.2) is 18.9 Å². The lowest BCUT2D eigenvalue weighted by Gasteiger charge is -2.10. The van der Waals surface area contributed by atoms with Gasteiger partial charge in [0, 0.05) is 0 Å². The third-order valence-corrected chi connectivity index (χ3v) is 1.67. The highest BCUT2D eigenvalue weighted by Gasteiger charge is 2.28. The molecule has 0 saturated heterocycles. The van der Waals surface area contributed by atoms with Gasteiger partial charge >= 0.3 is 6.48 Å². The molecule has 1 heterocycles. The maximum Gasteiger partial charge on any atom is 0.360 e. The van der Waals surface area contributed by atoms with E-state index in [4.69, 9.17) is 14.2 Å². The van der Waals surface area contributed by atoms with Crippen LogP contribution in [0.15, 0.2) is 24.2 Å². The van der Waals surface area contributed by atoms with Crippen molar-refractivity contribution in [1.82, 2.24) is 0 Å². The molecule has 4 nitrogen and oxygen atoms in total. The van der Waals surface area contributed by atoms with Crippen LogP contribution in [0.25, 0.3) is 0 Å². The van der Waals surface area contributed by atoms with E-state index >= 15 is 0 Å². The lowest BCUT2D eigenvalue weighted by molar-refractivity contribution is -0.226. The van der Waals surface area contributed by atoms with E-state index in [2.05, 4.69) is 6.58 Å². The Labute approximate surface area is 83.1 Å². The molecule has 0 amide bonds. The van der Waals surface area contributed by atoms with E-state index in [1.165, 1.54) is 6.08 Å². The summed E-state index contributed by atoms with van der Waals surface area (Å²) in [5.41, 5.74) is 0. The fraction of sp³-hybridized carbons (Fsp3) is 0.500. The van der Waals surface area contributed by atoms with Gasteiger partial charge in [0.05, 0.1) is 6.61 Å². The second kappa shape index (κ2) is 4.81. The van der Waals surface area contributed by atoms with Crippen molar-refractivity contribution in [3.63, 3.8) is 0 Å². The highest BCUT2D eigenvalue weighted by molar-refractivity contribution is 6.02. The SMILES string of the molecule is C=CC(=O)C1=C(C)OC(OCCC)O1. The molecule has 1 aliphatic heterocycles. The fourth-order valence-corrected chi connectivity index (χ4v) is 1.01. The Hall–Kier alpha value is -1.29. The van der Waals surface area contributed by atoms with E-state index in [9.17, 15) is 4.79 Å². The molecule has 0 fully saturated rings. The predicted octanol–water partition coefficient (Wildman–Crippen LogP) is 1.73. The lowest BCUT2D eigenvalue weighted by Crippen LogP contribution is -2.15. The average molecular weight is 198 g/mol. The number of hydrogen-bond acceptors (Lipinski definition) is 4. The Morgan fingerprint density at radius 2 is 2.36 bits per heavy atom. The van der Waals surface area contributed by atoms with Crippen LogP contribution < -0.4 is 0 Å². The highest BCUT2D eigenvalue weighted by Crippen LogP contribution is 2.23. The first-order valence-corrected chi connectivity index (χ1v) is 4.51. The fourth-order valence-electron chi connectivity index (χ4n) is 1.01. The third kappa shape index (κ3) is 2.35. The number of rotatable bonds is 5. The van der Waals surface area contributed by atoms with Crippen LogP contribution in [-0.2, 0) is 19.0 Å². The molecule has 0 bridgehead atoms. The van der Waals surface area contributed by atoms with E-state index in [1.54, 1.807) is 6.92 Å². The second-order valence-electron chi connectivity index (χ2n) is 2.85. The number of carbonyl (C=O) groups excluding carboxylic acids is 1. The summed E-state index contributed by atoms with van der Waals surface area (Å²) < 4.78 is 15.5. The van der Waals surface area contributed by atoms with E-state index in [0.717, 1.165) is 6.42 Å². The van der Waals surface area contributed by atoms with Gasteiger partial charge in [-0.25, -0.2) is 0 Å². The molecule has 78 valence electrons. The maximum atomic E-state index is 11.2. The van der Waals surface area contributed by atoms with Crippen LogP contribution >= 0.6 is 0 Å². The molecule has 0 N–H and O–H groups in total. The van der Waals surface area contributed by atoms with Gasteiger partial charge in [-0.05, 0) is 19.4 Å². The summed E-state index contributed by atoms with van der Waals surface area (Å²) in [6.45, 7) is 6.75. The molecule has 0 aromatic rings. The van der Waals surface area contributed by atoms with Crippen molar-refractivity contribution in [3.8, 4) is 0 Å². The van der Waals surface area contributed by atoms with Crippen molar-refractivity contribution in [2.45, 2.75) is 26.7 Å².